The predicted molar refractivity (Wildman–Crippen MR) is 129 cm³/mol. The average Bonchev–Trinajstić information content (AvgIpc) is 3.41. The molecule has 4 rings (SSSR count). The van der Waals surface area contributed by atoms with Crippen molar-refractivity contribution >= 4 is 39.3 Å². The summed E-state index contributed by atoms with van der Waals surface area (Å²) in [5.74, 6) is 1.52. The van der Waals surface area contributed by atoms with Gasteiger partial charge < -0.3 is 20.4 Å². The second-order valence-electron chi connectivity index (χ2n) is 9.53. The molecule has 2 aliphatic rings. The van der Waals surface area contributed by atoms with Crippen molar-refractivity contribution in [3.05, 3.63) is 22.6 Å². The van der Waals surface area contributed by atoms with Gasteiger partial charge in [-0.25, -0.2) is 4.98 Å². The highest BCUT2D eigenvalue weighted by molar-refractivity contribution is 9.10. The number of hydrogen-bond donors (Lipinski definition) is 2. The average molecular weight is 505 g/mol. The number of anilines is 3. The fraction of sp³-hybridized carbons (Fsp3) is 0.636. The van der Waals surface area contributed by atoms with E-state index in [1.165, 1.54) is 0 Å². The van der Waals surface area contributed by atoms with E-state index in [0.717, 1.165) is 73.7 Å². The summed E-state index contributed by atoms with van der Waals surface area (Å²) in [5, 5.41) is 11.4. The summed E-state index contributed by atoms with van der Waals surface area (Å²) < 4.78 is 2.86. The smallest absolute Gasteiger partial charge is 0.229 e. The SMILES string of the molecule is Cc1nn(C2CCN(C)C2)cc1Nc1ncc(Br)c(NCCCN2CCC(C)(C)C2=O)n1. The minimum atomic E-state index is -0.219. The molecule has 0 radical (unpaired) electrons. The van der Waals surface area contributed by atoms with Gasteiger partial charge in [0.1, 0.15) is 5.82 Å². The second kappa shape index (κ2) is 9.35. The maximum atomic E-state index is 12.4. The lowest BCUT2D eigenvalue weighted by atomic mass is 9.92. The zero-order valence-electron chi connectivity index (χ0n) is 19.4. The number of amides is 1. The summed E-state index contributed by atoms with van der Waals surface area (Å²) in [5.41, 5.74) is 1.63. The first-order valence-corrected chi connectivity index (χ1v) is 12.1. The van der Waals surface area contributed by atoms with E-state index in [4.69, 9.17) is 5.10 Å². The third kappa shape index (κ3) is 5.06. The Morgan fingerprint density at radius 2 is 2.12 bits per heavy atom. The third-order valence-electron chi connectivity index (χ3n) is 6.42. The fourth-order valence-corrected chi connectivity index (χ4v) is 4.66. The van der Waals surface area contributed by atoms with E-state index < -0.39 is 0 Å². The van der Waals surface area contributed by atoms with Crippen LogP contribution in [-0.2, 0) is 4.79 Å². The number of likely N-dealkylation sites (tertiary alicyclic amines) is 2. The molecule has 2 N–H and O–H groups in total. The molecule has 2 saturated heterocycles. The van der Waals surface area contributed by atoms with E-state index in [-0.39, 0.29) is 11.3 Å². The topological polar surface area (TPSA) is 91.2 Å². The number of nitrogens with one attached hydrogen (secondary N) is 2. The molecule has 32 heavy (non-hydrogen) atoms. The molecule has 0 aliphatic carbocycles. The molecular formula is C22H33BrN8O. The van der Waals surface area contributed by atoms with Crippen molar-refractivity contribution in [3.8, 4) is 0 Å². The number of halogens is 1. The van der Waals surface area contributed by atoms with E-state index in [2.05, 4.69) is 53.2 Å². The number of aryl methyl sites for hydroxylation is 1. The molecule has 1 unspecified atom stereocenters. The third-order valence-corrected chi connectivity index (χ3v) is 7.00. The molecular weight excluding hydrogens is 472 g/mol. The predicted octanol–water partition coefficient (Wildman–Crippen LogP) is 3.42. The summed E-state index contributed by atoms with van der Waals surface area (Å²) in [6, 6.07) is 0.408. The largest absolute Gasteiger partial charge is 0.369 e. The molecule has 2 fully saturated rings. The highest BCUT2D eigenvalue weighted by Crippen LogP contribution is 2.30. The van der Waals surface area contributed by atoms with Crippen molar-refractivity contribution in [2.75, 3.05) is 50.4 Å². The van der Waals surface area contributed by atoms with Crippen LogP contribution in [-0.4, -0.2) is 75.2 Å². The van der Waals surface area contributed by atoms with Crippen LogP contribution in [0.15, 0.2) is 16.9 Å². The van der Waals surface area contributed by atoms with Crippen LogP contribution < -0.4 is 10.6 Å². The number of carbonyl (C=O) groups excluding carboxylic acids is 1. The highest BCUT2D eigenvalue weighted by Gasteiger charge is 2.37. The summed E-state index contributed by atoms with van der Waals surface area (Å²) in [6.45, 7) is 10.5. The van der Waals surface area contributed by atoms with E-state index >= 15 is 0 Å². The van der Waals surface area contributed by atoms with Gasteiger partial charge in [-0.2, -0.15) is 10.1 Å². The number of carbonyl (C=O) groups is 1. The van der Waals surface area contributed by atoms with Crippen LogP contribution in [0.3, 0.4) is 0 Å². The van der Waals surface area contributed by atoms with E-state index in [1.54, 1.807) is 6.20 Å². The van der Waals surface area contributed by atoms with Gasteiger partial charge in [0, 0.05) is 44.0 Å². The molecule has 10 heteroatoms. The van der Waals surface area contributed by atoms with Crippen LogP contribution in [0.5, 0.6) is 0 Å². The number of hydrogen-bond acceptors (Lipinski definition) is 7. The molecule has 0 spiro atoms. The van der Waals surface area contributed by atoms with Crippen molar-refractivity contribution in [1.29, 1.82) is 0 Å². The summed E-state index contributed by atoms with van der Waals surface area (Å²) in [7, 11) is 2.14. The standard InChI is InChI=1S/C22H33BrN8O/c1-15-18(14-31(28-15)16-6-10-29(4)13-16)26-21-25-12-17(23)19(27-21)24-8-5-9-30-11-7-22(2,3)20(30)32/h12,14,16H,5-11,13H2,1-4H3,(H2,24,25,26,27). The lowest BCUT2D eigenvalue weighted by molar-refractivity contribution is -0.134. The number of nitrogens with zero attached hydrogens (tertiary/aromatic N) is 6. The van der Waals surface area contributed by atoms with E-state index in [1.807, 2.05) is 31.9 Å². The van der Waals surface area contributed by atoms with Crippen LogP contribution in [0.2, 0.25) is 0 Å². The Morgan fingerprint density at radius 3 is 2.81 bits per heavy atom. The molecule has 2 aromatic rings. The number of aromatic nitrogens is 4. The van der Waals surface area contributed by atoms with E-state index in [9.17, 15) is 4.79 Å². The van der Waals surface area contributed by atoms with Gasteiger partial charge in [0.25, 0.3) is 0 Å². The number of rotatable bonds is 8. The van der Waals surface area contributed by atoms with Crippen molar-refractivity contribution in [2.45, 2.75) is 46.1 Å². The molecule has 4 heterocycles. The molecule has 1 atom stereocenters. The van der Waals surface area contributed by atoms with Crippen molar-refractivity contribution < 1.29 is 4.79 Å². The Hall–Kier alpha value is -2.20. The summed E-state index contributed by atoms with van der Waals surface area (Å²) >= 11 is 3.53. The van der Waals surface area contributed by atoms with Crippen molar-refractivity contribution in [1.82, 2.24) is 29.5 Å². The van der Waals surface area contributed by atoms with Gasteiger partial charge in [0.15, 0.2) is 0 Å². The maximum absolute atomic E-state index is 12.4. The maximum Gasteiger partial charge on any atom is 0.229 e. The first-order chi connectivity index (χ1) is 15.2. The molecule has 0 saturated carbocycles. The molecule has 0 aromatic carbocycles. The molecule has 2 aliphatic heterocycles. The van der Waals surface area contributed by atoms with Crippen LogP contribution in [0.25, 0.3) is 0 Å². The molecule has 1 amide bonds. The summed E-state index contributed by atoms with van der Waals surface area (Å²) in [6.07, 6.45) is 6.70. The zero-order chi connectivity index (χ0) is 22.9. The normalized spacial score (nSPS) is 20.8. The first-order valence-electron chi connectivity index (χ1n) is 11.3. The van der Waals surface area contributed by atoms with Crippen LogP contribution >= 0.6 is 15.9 Å². The van der Waals surface area contributed by atoms with Gasteiger partial charge in [-0.05, 0) is 55.7 Å². The highest BCUT2D eigenvalue weighted by atomic mass is 79.9. The fourth-order valence-electron chi connectivity index (χ4n) is 4.33. The first kappa shape index (κ1) is 23.0. The Bertz CT molecular complexity index is 975. The Labute approximate surface area is 198 Å². The Balaban J connectivity index is 1.33. The molecule has 0 bridgehead atoms. The Kier molecular flexibility index (Phi) is 6.71. The van der Waals surface area contributed by atoms with Gasteiger partial charge in [-0.1, -0.05) is 13.8 Å². The molecule has 2 aromatic heterocycles. The van der Waals surface area contributed by atoms with Gasteiger partial charge in [0.05, 0.1) is 21.9 Å². The quantitative estimate of drug-likeness (QED) is 0.532. The lowest BCUT2D eigenvalue weighted by Gasteiger charge is -2.19. The zero-order valence-corrected chi connectivity index (χ0v) is 20.9. The molecule has 9 nitrogen and oxygen atoms in total. The van der Waals surface area contributed by atoms with Crippen molar-refractivity contribution in [2.24, 2.45) is 5.41 Å². The van der Waals surface area contributed by atoms with Crippen LogP contribution in [0, 0.1) is 12.3 Å². The Morgan fingerprint density at radius 1 is 1.31 bits per heavy atom. The van der Waals surface area contributed by atoms with E-state index in [0.29, 0.717) is 12.0 Å². The van der Waals surface area contributed by atoms with Crippen LogP contribution in [0.4, 0.5) is 17.5 Å². The van der Waals surface area contributed by atoms with Gasteiger partial charge >= 0.3 is 0 Å². The minimum absolute atomic E-state index is 0.219. The minimum Gasteiger partial charge on any atom is -0.369 e. The van der Waals surface area contributed by atoms with Gasteiger partial charge in [-0.3, -0.25) is 9.48 Å². The van der Waals surface area contributed by atoms with Gasteiger partial charge in [0.2, 0.25) is 11.9 Å². The van der Waals surface area contributed by atoms with Crippen LogP contribution in [0.1, 0.15) is 44.8 Å². The summed E-state index contributed by atoms with van der Waals surface area (Å²) in [4.78, 5) is 25.7. The monoisotopic (exact) mass is 504 g/mol. The lowest BCUT2D eigenvalue weighted by Crippen LogP contribution is -2.32. The molecule has 174 valence electrons. The number of likely N-dealkylation sites (N-methyl/N-ethyl adjacent to an activating group) is 1. The second-order valence-corrected chi connectivity index (χ2v) is 10.4. The van der Waals surface area contributed by atoms with Gasteiger partial charge in [-0.15, -0.1) is 0 Å². The van der Waals surface area contributed by atoms with Crippen molar-refractivity contribution in [3.63, 3.8) is 0 Å².